The molecule has 2 saturated carbocycles. The van der Waals surface area contributed by atoms with Gasteiger partial charge in [0.1, 0.15) is 5.78 Å². The van der Waals surface area contributed by atoms with Crippen LogP contribution in [0.3, 0.4) is 0 Å². The SMILES string of the molecule is C/C(=C/CC[C@@H](C)[C@H]1CC[C@@]2(C)C3=C([C@@H](O)C[C@]12C)[C@@]1(C)CCC(=O)C(C)(C)[C@@H]1CC3=O)C(=O)O. The van der Waals surface area contributed by atoms with Crippen molar-refractivity contribution in [2.24, 2.45) is 39.4 Å². The molecule has 0 radical (unpaired) electrons. The lowest BCUT2D eigenvalue weighted by molar-refractivity contribution is -0.144. The fraction of sp³-hybridized carbons (Fsp3) is 0.767. The van der Waals surface area contributed by atoms with Gasteiger partial charge in [-0.25, -0.2) is 4.79 Å². The molecule has 0 heterocycles. The minimum Gasteiger partial charge on any atom is -0.478 e. The van der Waals surface area contributed by atoms with Gasteiger partial charge in [0, 0.05) is 34.8 Å². The summed E-state index contributed by atoms with van der Waals surface area (Å²) in [6.45, 7) is 14.6. The number of rotatable bonds is 5. The third-order valence-electron chi connectivity index (χ3n) is 11.4. The molecule has 4 rings (SSSR count). The van der Waals surface area contributed by atoms with Crippen molar-refractivity contribution in [2.75, 3.05) is 0 Å². The van der Waals surface area contributed by atoms with E-state index in [0.29, 0.717) is 43.1 Å². The first-order valence-corrected chi connectivity index (χ1v) is 13.5. The molecule has 4 aliphatic carbocycles. The van der Waals surface area contributed by atoms with Crippen LogP contribution in [0, 0.1) is 39.4 Å². The van der Waals surface area contributed by atoms with E-state index in [2.05, 4.69) is 27.7 Å². The van der Waals surface area contributed by atoms with Crippen LogP contribution in [0.1, 0.15) is 99.8 Å². The summed E-state index contributed by atoms with van der Waals surface area (Å²) < 4.78 is 0. The monoisotopic (exact) mass is 484 g/mol. The average Bonchev–Trinajstić information content (AvgIpc) is 3.03. The zero-order chi connectivity index (χ0) is 26.1. The van der Waals surface area contributed by atoms with E-state index in [1.807, 2.05) is 19.9 Å². The molecule has 2 fully saturated rings. The molecular formula is C30H44O5. The first-order valence-electron chi connectivity index (χ1n) is 13.5. The van der Waals surface area contributed by atoms with Crippen molar-refractivity contribution in [3.63, 3.8) is 0 Å². The highest BCUT2D eigenvalue weighted by Gasteiger charge is 2.67. The number of aliphatic carboxylic acids is 1. The van der Waals surface area contributed by atoms with E-state index in [9.17, 15) is 19.5 Å². The van der Waals surface area contributed by atoms with Crippen molar-refractivity contribution in [3.8, 4) is 0 Å². The summed E-state index contributed by atoms with van der Waals surface area (Å²) in [5, 5.41) is 20.9. The van der Waals surface area contributed by atoms with E-state index in [0.717, 1.165) is 36.8 Å². The van der Waals surface area contributed by atoms with Gasteiger partial charge in [0.25, 0.3) is 0 Å². The van der Waals surface area contributed by atoms with Crippen LogP contribution >= 0.6 is 0 Å². The molecule has 35 heavy (non-hydrogen) atoms. The Morgan fingerprint density at radius 3 is 2.43 bits per heavy atom. The molecule has 5 nitrogen and oxygen atoms in total. The van der Waals surface area contributed by atoms with Crippen molar-refractivity contribution >= 4 is 17.5 Å². The van der Waals surface area contributed by atoms with Crippen LogP contribution < -0.4 is 0 Å². The summed E-state index contributed by atoms with van der Waals surface area (Å²) in [7, 11) is 0. The number of hydrogen-bond acceptors (Lipinski definition) is 4. The molecule has 0 aromatic carbocycles. The number of allylic oxidation sites excluding steroid dienone is 2. The third kappa shape index (κ3) is 3.62. The highest BCUT2D eigenvalue weighted by Crippen LogP contribution is 2.71. The predicted octanol–water partition coefficient (Wildman–Crippen LogP) is 5.90. The fourth-order valence-electron chi connectivity index (χ4n) is 9.05. The second-order valence-corrected chi connectivity index (χ2v) is 13.4. The van der Waals surface area contributed by atoms with Gasteiger partial charge in [-0.05, 0) is 79.6 Å². The number of carbonyl (C=O) groups excluding carboxylic acids is 2. The second-order valence-electron chi connectivity index (χ2n) is 13.4. The van der Waals surface area contributed by atoms with Crippen molar-refractivity contribution in [1.82, 2.24) is 0 Å². The van der Waals surface area contributed by atoms with Gasteiger partial charge in [-0.1, -0.05) is 47.6 Å². The lowest BCUT2D eigenvalue weighted by atomic mass is 9.42. The summed E-state index contributed by atoms with van der Waals surface area (Å²) >= 11 is 0. The maximum absolute atomic E-state index is 13.9. The van der Waals surface area contributed by atoms with E-state index >= 15 is 0 Å². The molecule has 0 aromatic heterocycles. The van der Waals surface area contributed by atoms with Crippen LogP contribution in [-0.4, -0.2) is 33.9 Å². The molecule has 0 saturated heterocycles. The fourth-order valence-corrected chi connectivity index (χ4v) is 9.05. The van der Waals surface area contributed by atoms with Gasteiger partial charge >= 0.3 is 5.97 Å². The number of Topliss-reactive ketones (excluding diaryl/α,β-unsaturated/α-hetero) is 2. The molecule has 5 heteroatoms. The van der Waals surface area contributed by atoms with Gasteiger partial charge in [0.15, 0.2) is 5.78 Å². The highest BCUT2D eigenvalue weighted by atomic mass is 16.4. The Morgan fingerprint density at radius 2 is 1.80 bits per heavy atom. The Morgan fingerprint density at radius 1 is 1.14 bits per heavy atom. The largest absolute Gasteiger partial charge is 0.478 e. The van der Waals surface area contributed by atoms with Crippen molar-refractivity contribution in [1.29, 1.82) is 0 Å². The van der Waals surface area contributed by atoms with Crippen molar-refractivity contribution in [3.05, 3.63) is 22.8 Å². The summed E-state index contributed by atoms with van der Waals surface area (Å²) in [6, 6.07) is 0. The number of ketones is 2. The molecule has 4 aliphatic rings. The Balaban J connectivity index is 1.71. The van der Waals surface area contributed by atoms with Crippen LogP contribution in [0.5, 0.6) is 0 Å². The van der Waals surface area contributed by atoms with Crippen LogP contribution in [-0.2, 0) is 14.4 Å². The molecule has 2 N–H and O–H groups in total. The van der Waals surface area contributed by atoms with Crippen LogP contribution in [0.2, 0.25) is 0 Å². The molecular weight excluding hydrogens is 440 g/mol. The molecule has 0 aromatic rings. The molecule has 0 amide bonds. The van der Waals surface area contributed by atoms with Gasteiger partial charge in [0.05, 0.1) is 6.10 Å². The van der Waals surface area contributed by atoms with Gasteiger partial charge < -0.3 is 10.2 Å². The van der Waals surface area contributed by atoms with Gasteiger partial charge in [-0.2, -0.15) is 0 Å². The van der Waals surface area contributed by atoms with E-state index in [1.165, 1.54) is 0 Å². The van der Waals surface area contributed by atoms with Crippen molar-refractivity contribution < 1.29 is 24.6 Å². The normalized spacial score (nSPS) is 41.8. The maximum Gasteiger partial charge on any atom is 0.330 e. The van der Waals surface area contributed by atoms with Crippen LogP contribution in [0.15, 0.2) is 22.8 Å². The number of carboxylic acids is 1. The first kappa shape index (κ1) is 26.3. The zero-order valence-electron chi connectivity index (χ0n) is 22.7. The topological polar surface area (TPSA) is 91.7 Å². The Labute approximate surface area is 210 Å². The first-order chi connectivity index (χ1) is 16.1. The van der Waals surface area contributed by atoms with E-state index in [1.54, 1.807) is 6.92 Å². The van der Waals surface area contributed by atoms with Crippen LogP contribution in [0.4, 0.5) is 0 Å². The molecule has 7 atom stereocenters. The zero-order valence-corrected chi connectivity index (χ0v) is 22.7. The van der Waals surface area contributed by atoms with Gasteiger partial charge in [-0.15, -0.1) is 0 Å². The lowest BCUT2D eigenvalue weighted by Gasteiger charge is -2.61. The van der Waals surface area contributed by atoms with E-state index < -0.39 is 17.5 Å². The second kappa shape index (κ2) is 8.39. The maximum atomic E-state index is 13.9. The van der Waals surface area contributed by atoms with E-state index in [4.69, 9.17) is 5.11 Å². The minimum atomic E-state index is -0.872. The number of carbonyl (C=O) groups is 3. The number of carboxylic acid groups (broad SMARTS) is 1. The van der Waals surface area contributed by atoms with E-state index in [-0.39, 0.29) is 33.7 Å². The molecule has 194 valence electrons. The predicted molar refractivity (Wildman–Crippen MR) is 136 cm³/mol. The Kier molecular flexibility index (Phi) is 6.31. The molecule has 0 bridgehead atoms. The lowest BCUT2D eigenvalue weighted by Crippen LogP contribution is -2.59. The summed E-state index contributed by atoms with van der Waals surface area (Å²) in [4.78, 5) is 37.9. The molecule has 0 unspecified atom stereocenters. The highest BCUT2D eigenvalue weighted by molar-refractivity contribution is 6.01. The summed E-state index contributed by atoms with van der Waals surface area (Å²) in [5.41, 5.74) is 0.849. The standard InChI is InChI=1S/C30H44O5/c1-17(9-8-10-18(2)26(34)35)19-11-14-29(6)25-20(31)15-22-27(3,4)23(33)12-13-28(22,5)24(25)21(32)16-30(19,29)7/h10,17,19,21-22,32H,8-9,11-16H2,1-7H3,(H,34,35)/b18-10-/t17-,19-,21+,22+,28+,29+,30-/m1/s1. The molecule has 0 spiro atoms. The Hall–Kier alpha value is -1.75. The number of fused-ring (bicyclic) bond motifs is 4. The average molecular weight is 485 g/mol. The number of aliphatic hydroxyl groups excluding tert-OH is 1. The van der Waals surface area contributed by atoms with Crippen LogP contribution in [0.25, 0.3) is 0 Å². The number of hydrogen-bond donors (Lipinski definition) is 2. The smallest absolute Gasteiger partial charge is 0.330 e. The van der Waals surface area contributed by atoms with Gasteiger partial charge in [0.2, 0.25) is 0 Å². The quantitative estimate of drug-likeness (QED) is 0.474. The van der Waals surface area contributed by atoms with Crippen molar-refractivity contribution in [2.45, 2.75) is 106 Å². The third-order valence-corrected chi connectivity index (χ3v) is 11.4. The summed E-state index contributed by atoms with van der Waals surface area (Å²) in [6.07, 6.45) is 6.97. The Bertz CT molecular complexity index is 1020. The summed E-state index contributed by atoms with van der Waals surface area (Å²) in [5.74, 6) is 0.166. The molecule has 0 aliphatic heterocycles. The number of aliphatic hydroxyl groups is 1. The van der Waals surface area contributed by atoms with Gasteiger partial charge in [-0.3, -0.25) is 9.59 Å². The minimum absolute atomic E-state index is 0.0644.